The first-order valence-electron chi connectivity index (χ1n) is 7.00. The highest BCUT2D eigenvalue weighted by Gasteiger charge is 2.15. The summed E-state index contributed by atoms with van der Waals surface area (Å²) >= 11 is 0. The summed E-state index contributed by atoms with van der Waals surface area (Å²) in [6, 6.07) is 5.49. The van der Waals surface area contributed by atoms with Gasteiger partial charge in [-0.25, -0.2) is 0 Å². The molecule has 1 fully saturated rings. The van der Waals surface area contributed by atoms with Gasteiger partial charge in [0, 0.05) is 17.3 Å². The summed E-state index contributed by atoms with van der Waals surface area (Å²) in [6.07, 6.45) is 4.79. The van der Waals surface area contributed by atoms with Crippen molar-refractivity contribution in [2.45, 2.75) is 38.6 Å². The van der Waals surface area contributed by atoms with Gasteiger partial charge in [-0.15, -0.1) is 0 Å². The fourth-order valence-electron chi connectivity index (χ4n) is 2.52. The smallest absolute Gasteiger partial charge is 0.248 e. The molecule has 0 atom stereocenters. The lowest BCUT2D eigenvalue weighted by atomic mass is 10.1. The largest absolute Gasteiger partial charge is 0.366 e. The van der Waals surface area contributed by atoms with Gasteiger partial charge in [-0.1, -0.05) is 12.8 Å². The number of primary amides is 1. The number of nitrogens with two attached hydrogens (primary N) is 1. The standard InChI is InChI=1S/C15H21N3O2/c1-10-8-11(15(16)20)6-7-13(10)18-14(19)9-17-12-4-2-3-5-12/h6-8,12,17H,2-5,9H2,1H3,(H2,16,20)(H,18,19). The summed E-state index contributed by atoms with van der Waals surface area (Å²) in [5, 5.41) is 6.11. The molecule has 0 aliphatic heterocycles. The van der Waals surface area contributed by atoms with Crippen molar-refractivity contribution < 1.29 is 9.59 Å². The molecule has 5 heteroatoms. The predicted octanol–water partition coefficient (Wildman–Crippen LogP) is 1.56. The second kappa shape index (κ2) is 6.52. The van der Waals surface area contributed by atoms with Gasteiger partial charge in [-0.2, -0.15) is 0 Å². The van der Waals surface area contributed by atoms with Gasteiger partial charge in [0.25, 0.3) is 0 Å². The van der Waals surface area contributed by atoms with E-state index in [0.29, 0.717) is 23.8 Å². The van der Waals surface area contributed by atoms with Crippen LogP contribution in [0.4, 0.5) is 5.69 Å². The van der Waals surface area contributed by atoms with Crippen LogP contribution in [0.25, 0.3) is 0 Å². The molecule has 2 rings (SSSR count). The number of hydrogen-bond donors (Lipinski definition) is 3. The molecule has 1 aromatic rings. The number of carbonyl (C=O) groups is 2. The van der Waals surface area contributed by atoms with Crippen molar-refractivity contribution in [3.05, 3.63) is 29.3 Å². The average Bonchev–Trinajstić information content (AvgIpc) is 2.91. The third-order valence-corrected chi connectivity index (χ3v) is 3.69. The van der Waals surface area contributed by atoms with Crippen molar-refractivity contribution in [2.24, 2.45) is 5.73 Å². The van der Waals surface area contributed by atoms with Gasteiger partial charge in [0.2, 0.25) is 11.8 Å². The molecule has 108 valence electrons. The molecule has 0 bridgehead atoms. The molecule has 2 amide bonds. The zero-order valence-corrected chi connectivity index (χ0v) is 11.7. The van der Waals surface area contributed by atoms with E-state index in [4.69, 9.17) is 5.73 Å². The number of hydrogen-bond acceptors (Lipinski definition) is 3. The molecule has 0 radical (unpaired) electrons. The number of rotatable bonds is 5. The Kier molecular flexibility index (Phi) is 4.74. The van der Waals surface area contributed by atoms with Gasteiger partial charge in [-0.05, 0) is 43.5 Å². The SMILES string of the molecule is Cc1cc(C(N)=O)ccc1NC(=O)CNC1CCCC1. The summed E-state index contributed by atoms with van der Waals surface area (Å²) in [4.78, 5) is 22.9. The highest BCUT2D eigenvalue weighted by molar-refractivity contribution is 5.96. The van der Waals surface area contributed by atoms with Crippen LogP contribution in [0.5, 0.6) is 0 Å². The Hall–Kier alpha value is -1.88. The average molecular weight is 275 g/mol. The first-order valence-corrected chi connectivity index (χ1v) is 7.00. The van der Waals surface area contributed by atoms with E-state index in [1.807, 2.05) is 6.92 Å². The molecule has 1 aromatic carbocycles. The first kappa shape index (κ1) is 14.5. The van der Waals surface area contributed by atoms with Crippen molar-refractivity contribution >= 4 is 17.5 Å². The van der Waals surface area contributed by atoms with Crippen LogP contribution in [0, 0.1) is 6.92 Å². The number of nitrogens with one attached hydrogen (secondary N) is 2. The molecule has 0 saturated heterocycles. The molecular weight excluding hydrogens is 254 g/mol. The molecule has 1 saturated carbocycles. The van der Waals surface area contributed by atoms with E-state index in [1.54, 1.807) is 18.2 Å². The molecule has 1 aliphatic carbocycles. The minimum absolute atomic E-state index is 0.0631. The Balaban J connectivity index is 1.88. The first-order chi connectivity index (χ1) is 9.56. The fourth-order valence-corrected chi connectivity index (χ4v) is 2.52. The van der Waals surface area contributed by atoms with Crippen LogP contribution in [0.15, 0.2) is 18.2 Å². The zero-order valence-electron chi connectivity index (χ0n) is 11.7. The molecule has 1 aliphatic rings. The summed E-state index contributed by atoms with van der Waals surface area (Å²) in [5.74, 6) is -0.527. The van der Waals surface area contributed by atoms with Gasteiger partial charge < -0.3 is 16.4 Å². The second-order valence-electron chi connectivity index (χ2n) is 5.30. The lowest BCUT2D eigenvalue weighted by molar-refractivity contribution is -0.115. The number of benzene rings is 1. The van der Waals surface area contributed by atoms with Crippen molar-refractivity contribution in [3.8, 4) is 0 Å². The van der Waals surface area contributed by atoms with Crippen LogP contribution in [-0.2, 0) is 4.79 Å². The Morgan fingerprint density at radius 3 is 2.60 bits per heavy atom. The Morgan fingerprint density at radius 2 is 2.00 bits per heavy atom. The maximum atomic E-state index is 11.9. The molecular formula is C15H21N3O2. The minimum atomic E-state index is -0.464. The van der Waals surface area contributed by atoms with Crippen LogP contribution in [0.1, 0.15) is 41.6 Å². The van der Waals surface area contributed by atoms with Gasteiger partial charge >= 0.3 is 0 Å². The predicted molar refractivity (Wildman–Crippen MR) is 78.6 cm³/mol. The van der Waals surface area contributed by atoms with E-state index < -0.39 is 5.91 Å². The Morgan fingerprint density at radius 1 is 1.30 bits per heavy atom. The minimum Gasteiger partial charge on any atom is -0.366 e. The van der Waals surface area contributed by atoms with Crippen molar-refractivity contribution in [2.75, 3.05) is 11.9 Å². The third-order valence-electron chi connectivity index (χ3n) is 3.69. The van der Waals surface area contributed by atoms with E-state index in [1.165, 1.54) is 12.8 Å². The summed E-state index contributed by atoms with van der Waals surface area (Å²) in [7, 11) is 0. The van der Waals surface area contributed by atoms with E-state index in [2.05, 4.69) is 10.6 Å². The second-order valence-corrected chi connectivity index (χ2v) is 5.30. The molecule has 20 heavy (non-hydrogen) atoms. The van der Waals surface area contributed by atoms with Gasteiger partial charge in [0.15, 0.2) is 0 Å². The van der Waals surface area contributed by atoms with E-state index in [9.17, 15) is 9.59 Å². The Labute approximate surface area is 118 Å². The lowest BCUT2D eigenvalue weighted by Crippen LogP contribution is -2.34. The van der Waals surface area contributed by atoms with Crippen LogP contribution in [0.2, 0.25) is 0 Å². The van der Waals surface area contributed by atoms with Gasteiger partial charge in [-0.3, -0.25) is 9.59 Å². The van der Waals surface area contributed by atoms with Crippen molar-refractivity contribution in [1.29, 1.82) is 0 Å². The maximum Gasteiger partial charge on any atom is 0.248 e. The van der Waals surface area contributed by atoms with E-state index in [0.717, 1.165) is 18.4 Å². The number of amides is 2. The van der Waals surface area contributed by atoms with Crippen LogP contribution in [0.3, 0.4) is 0 Å². The summed E-state index contributed by atoms with van der Waals surface area (Å²) in [5.41, 5.74) is 7.21. The molecule has 0 aromatic heterocycles. The van der Waals surface area contributed by atoms with E-state index in [-0.39, 0.29) is 5.91 Å². The lowest BCUT2D eigenvalue weighted by Gasteiger charge is -2.13. The van der Waals surface area contributed by atoms with Gasteiger partial charge in [0.1, 0.15) is 0 Å². The van der Waals surface area contributed by atoms with Crippen molar-refractivity contribution in [3.63, 3.8) is 0 Å². The molecule has 5 nitrogen and oxygen atoms in total. The van der Waals surface area contributed by atoms with Crippen LogP contribution >= 0.6 is 0 Å². The van der Waals surface area contributed by atoms with Crippen LogP contribution < -0.4 is 16.4 Å². The zero-order chi connectivity index (χ0) is 14.5. The number of carbonyl (C=O) groups excluding carboxylic acids is 2. The summed E-state index contributed by atoms with van der Waals surface area (Å²) < 4.78 is 0. The number of anilines is 1. The van der Waals surface area contributed by atoms with Gasteiger partial charge in [0.05, 0.1) is 6.54 Å². The highest BCUT2D eigenvalue weighted by atomic mass is 16.2. The number of aryl methyl sites for hydroxylation is 1. The van der Waals surface area contributed by atoms with Crippen molar-refractivity contribution in [1.82, 2.24) is 5.32 Å². The maximum absolute atomic E-state index is 11.9. The molecule has 0 heterocycles. The van der Waals surface area contributed by atoms with Crippen LogP contribution in [-0.4, -0.2) is 24.4 Å². The molecule has 0 unspecified atom stereocenters. The fraction of sp³-hybridized carbons (Fsp3) is 0.467. The summed E-state index contributed by atoms with van der Waals surface area (Å²) in [6.45, 7) is 2.16. The topological polar surface area (TPSA) is 84.2 Å². The monoisotopic (exact) mass is 275 g/mol. The third kappa shape index (κ3) is 3.81. The highest BCUT2D eigenvalue weighted by Crippen LogP contribution is 2.18. The Bertz CT molecular complexity index is 508. The van der Waals surface area contributed by atoms with E-state index >= 15 is 0 Å². The molecule has 0 spiro atoms. The quantitative estimate of drug-likeness (QED) is 0.762. The molecule has 4 N–H and O–H groups in total. The normalized spacial score (nSPS) is 15.2.